The van der Waals surface area contributed by atoms with E-state index in [1.807, 2.05) is 24.3 Å². The van der Waals surface area contributed by atoms with Gasteiger partial charge < -0.3 is 15.0 Å². The zero-order chi connectivity index (χ0) is 26.8. The van der Waals surface area contributed by atoms with E-state index in [4.69, 9.17) is 27.9 Å². The Balaban J connectivity index is 1.62. The lowest BCUT2D eigenvalue weighted by atomic mass is 10.0. The number of ether oxygens (including phenoxy) is 1. The van der Waals surface area contributed by atoms with Crippen molar-refractivity contribution in [2.24, 2.45) is 0 Å². The molecule has 4 nitrogen and oxygen atoms in total. The number of amides is 1. The predicted octanol–water partition coefficient (Wildman–Crippen LogP) is 7.57. The Labute approximate surface area is 224 Å². The van der Waals surface area contributed by atoms with E-state index >= 15 is 0 Å². The number of benzene rings is 3. The zero-order valence-corrected chi connectivity index (χ0v) is 22.0. The van der Waals surface area contributed by atoms with E-state index in [-0.39, 0.29) is 46.6 Å². The summed E-state index contributed by atoms with van der Waals surface area (Å²) in [7, 11) is 3.37. The maximum absolute atomic E-state index is 13.8. The van der Waals surface area contributed by atoms with Crippen LogP contribution >= 0.6 is 23.2 Å². The summed E-state index contributed by atoms with van der Waals surface area (Å²) in [5, 5.41) is 3.32. The summed E-state index contributed by atoms with van der Waals surface area (Å²) in [6, 6.07) is 16.3. The molecule has 0 radical (unpaired) electrons. The van der Waals surface area contributed by atoms with E-state index in [9.17, 15) is 18.0 Å². The minimum Gasteiger partial charge on any atom is -0.387 e. The van der Waals surface area contributed by atoms with Gasteiger partial charge in [-0.15, -0.1) is 0 Å². The van der Waals surface area contributed by atoms with Gasteiger partial charge in [-0.25, -0.2) is 0 Å². The van der Waals surface area contributed by atoms with E-state index in [0.29, 0.717) is 11.3 Å². The van der Waals surface area contributed by atoms with Crippen molar-refractivity contribution >= 4 is 34.8 Å². The largest absolute Gasteiger partial charge is 0.416 e. The van der Waals surface area contributed by atoms with Crippen LogP contribution in [0.3, 0.4) is 0 Å². The van der Waals surface area contributed by atoms with E-state index in [2.05, 4.69) is 5.32 Å². The number of carbonyl (C=O) groups excluding carboxylic acids is 1. The van der Waals surface area contributed by atoms with Crippen LogP contribution in [0.25, 0.3) is 0 Å². The molecule has 1 aliphatic carbocycles. The monoisotopic (exact) mass is 550 g/mol. The van der Waals surface area contributed by atoms with Gasteiger partial charge in [-0.2, -0.15) is 13.2 Å². The molecule has 0 bridgehead atoms. The first-order valence-electron chi connectivity index (χ1n) is 11.8. The molecule has 9 heteroatoms. The number of nitrogens with zero attached hydrogens (tertiary/aromatic N) is 1. The molecule has 0 aliphatic heterocycles. The van der Waals surface area contributed by atoms with Crippen LogP contribution in [-0.4, -0.2) is 31.5 Å². The summed E-state index contributed by atoms with van der Waals surface area (Å²) < 4.78 is 45.3. The van der Waals surface area contributed by atoms with Crippen LogP contribution in [0.5, 0.6) is 0 Å². The molecule has 1 saturated carbocycles. The van der Waals surface area contributed by atoms with Crippen molar-refractivity contribution in [1.29, 1.82) is 0 Å². The maximum Gasteiger partial charge on any atom is 0.416 e. The molecule has 1 fully saturated rings. The summed E-state index contributed by atoms with van der Waals surface area (Å²) >= 11 is 12.7. The number of nitrogens with one attached hydrogen (secondary N) is 1. The Hall–Kier alpha value is -2.74. The second kappa shape index (κ2) is 10.9. The van der Waals surface area contributed by atoms with E-state index in [1.54, 1.807) is 37.3 Å². The lowest BCUT2D eigenvalue weighted by molar-refractivity contribution is -0.137. The molecule has 1 aliphatic rings. The molecule has 37 heavy (non-hydrogen) atoms. The normalized spacial score (nSPS) is 14.4. The van der Waals surface area contributed by atoms with Gasteiger partial charge in [0.05, 0.1) is 26.8 Å². The van der Waals surface area contributed by atoms with Crippen molar-refractivity contribution in [1.82, 2.24) is 4.90 Å². The van der Waals surface area contributed by atoms with Crippen LogP contribution in [0.15, 0.2) is 60.7 Å². The fourth-order valence-corrected chi connectivity index (χ4v) is 4.81. The molecule has 4 rings (SSSR count). The standard InChI is InChI=1S/C28H27Cl2F3N2O2/c1-34-23-11-10-22(29)25(30)24(23)26(36)35(15-12-18-4-3-5-21(16-18)28(31,32)33)17-19-6-8-20(9-7-19)27(37-2)13-14-27/h3-11,16,34H,12-15,17H2,1-2H3. The molecule has 0 unspecified atom stereocenters. The van der Waals surface area contributed by atoms with Crippen LogP contribution in [0.4, 0.5) is 18.9 Å². The maximum atomic E-state index is 13.8. The molecule has 0 saturated heterocycles. The predicted molar refractivity (Wildman–Crippen MR) is 140 cm³/mol. The third kappa shape index (κ3) is 6.06. The van der Waals surface area contributed by atoms with Gasteiger partial charge in [0.1, 0.15) is 0 Å². The quantitative estimate of drug-likeness (QED) is 0.298. The number of hydrogen-bond acceptors (Lipinski definition) is 3. The Bertz CT molecular complexity index is 1280. The molecule has 0 aromatic heterocycles. The molecule has 0 heterocycles. The van der Waals surface area contributed by atoms with Gasteiger partial charge in [-0.05, 0) is 54.2 Å². The smallest absolute Gasteiger partial charge is 0.387 e. The van der Waals surface area contributed by atoms with Gasteiger partial charge in [0.2, 0.25) is 0 Å². The molecule has 3 aromatic rings. The van der Waals surface area contributed by atoms with Gasteiger partial charge in [-0.1, -0.05) is 65.7 Å². The van der Waals surface area contributed by atoms with Gasteiger partial charge in [0.15, 0.2) is 0 Å². The first-order chi connectivity index (χ1) is 17.6. The lowest BCUT2D eigenvalue weighted by Gasteiger charge is -2.25. The average molecular weight is 551 g/mol. The molecule has 3 aromatic carbocycles. The van der Waals surface area contributed by atoms with Gasteiger partial charge >= 0.3 is 6.18 Å². The number of rotatable bonds is 9. The zero-order valence-electron chi connectivity index (χ0n) is 20.5. The summed E-state index contributed by atoms with van der Waals surface area (Å²) in [6.07, 6.45) is -2.28. The van der Waals surface area contributed by atoms with E-state index < -0.39 is 11.7 Å². The van der Waals surface area contributed by atoms with Crippen LogP contribution in [0, 0.1) is 0 Å². The average Bonchev–Trinajstić information content (AvgIpc) is 3.69. The summed E-state index contributed by atoms with van der Waals surface area (Å²) in [5.41, 5.74) is 2.20. The molecule has 0 atom stereocenters. The molecule has 1 amide bonds. The number of anilines is 1. The number of halogens is 5. The molecule has 1 N–H and O–H groups in total. The van der Waals surface area contributed by atoms with Crippen molar-refractivity contribution in [3.05, 3.63) is 98.5 Å². The second-order valence-corrected chi connectivity index (χ2v) is 9.89. The Morgan fingerprint density at radius 2 is 1.76 bits per heavy atom. The van der Waals surface area contributed by atoms with Crippen molar-refractivity contribution in [3.63, 3.8) is 0 Å². The Kier molecular flexibility index (Phi) is 8.07. The SMILES string of the molecule is CNc1ccc(Cl)c(Cl)c1C(=O)N(CCc1cccc(C(F)(F)F)c1)Cc1ccc(C2(OC)CC2)cc1. The molecule has 0 spiro atoms. The van der Waals surface area contributed by atoms with Crippen molar-refractivity contribution in [2.75, 3.05) is 26.0 Å². The highest BCUT2D eigenvalue weighted by Gasteiger charge is 2.44. The Morgan fingerprint density at radius 1 is 1.05 bits per heavy atom. The van der Waals surface area contributed by atoms with Crippen molar-refractivity contribution in [2.45, 2.75) is 37.6 Å². The van der Waals surface area contributed by atoms with E-state index in [1.165, 1.54) is 6.07 Å². The first kappa shape index (κ1) is 27.3. The number of carbonyl (C=O) groups is 1. The van der Waals surface area contributed by atoms with E-state index in [0.717, 1.165) is 36.1 Å². The van der Waals surface area contributed by atoms with Crippen molar-refractivity contribution < 1.29 is 22.7 Å². The number of methoxy groups -OCH3 is 1. The fourth-order valence-electron chi connectivity index (χ4n) is 4.40. The third-order valence-corrected chi connectivity index (χ3v) is 7.54. The van der Waals surface area contributed by atoms with Gasteiger partial charge in [0, 0.05) is 32.9 Å². The van der Waals surface area contributed by atoms with Gasteiger partial charge in [0.25, 0.3) is 5.91 Å². The first-order valence-corrected chi connectivity index (χ1v) is 12.6. The highest BCUT2D eigenvalue weighted by molar-refractivity contribution is 6.44. The number of hydrogen-bond donors (Lipinski definition) is 1. The third-order valence-electron chi connectivity index (χ3n) is 6.74. The minimum absolute atomic E-state index is 0.119. The highest BCUT2D eigenvalue weighted by atomic mass is 35.5. The van der Waals surface area contributed by atoms with Crippen LogP contribution in [0.1, 0.15) is 45.5 Å². The molecular formula is C28H27Cl2F3N2O2. The fraction of sp³-hybridized carbons (Fsp3) is 0.321. The van der Waals surface area contributed by atoms with Crippen molar-refractivity contribution in [3.8, 4) is 0 Å². The van der Waals surface area contributed by atoms with Crippen LogP contribution in [0.2, 0.25) is 10.0 Å². The lowest BCUT2D eigenvalue weighted by Crippen LogP contribution is -2.33. The molecule has 196 valence electrons. The van der Waals surface area contributed by atoms with Gasteiger partial charge in [-0.3, -0.25) is 4.79 Å². The summed E-state index contributed by atoms with van der Waals surface area (Å²) in [6.45, 7) is 0.417. The minimum atomic E-state index is -4.44. The molecular weight excluding hydrogens is 524 g/mol. The Morgan fingerprint density at radius 3 is 2.35 bits per heavy atom. The van der Waals surface area contributed by atoms with Crippen LogP contribution in [-0.2, 0) is 29.5 Å². The summed E-state index contributed by atoms with van der Waals surface area (Å²) in [5.74, 6) is -0.372. The van der Waals surface area contributed by atoms with Crippen LogP contribution < -0.4 is 5.32 Å². The highest BCUT2D eigenvalue weighted by Crippen LogP contribution is 2.48. The second-order valence-electron chi connectivity index (χ2n) is 9.10. The topological polar surface area (TPSA) is 41.6 Å². The summed E-state index contributed by atoms with van der Waals surface area (Å²) in [4.78, 5) is 15.4. The number of alkyl halides is 3.